The molecule has 382 valence electrons. The topological polar surface area (TPSA) is 213 Å². The predicted molar refractivity (Wildman–Crippen MR) is 280 cm³/mol. The second kappa shape index (κ2) is 30.5. The minimum Gasteiger partial charge on any atom is -0.471 e. The van der Waals surface area contributed by atoms with E-state index in [0.29, 0.717) is 36.3 Å². The molecular weight excluding hydrogens is 945 g/mol. The molecule has 1 N–H and O–H groups in total. The molecule has 0 fully saturated rings. The van der Waals surface area contributed by atoms with Crippen molar-refractivity contribution in [3.05, 3.63) is 178 Å². The van der Waals surface area contributed by atoms with Crippen LogP contribution in [0, 0.1) is 29.2 Å². The summed E-state index contributed by atoms with van der Waals surface area (Å²) in [5, 5.41) is 29.5. The van der Waals surface area contributed by atoms with Crippen LogP contribution >= 0.6 is 0 Å². The quantitative estimate of drug-likeness (QED) is 0.0188. The zero-order chi connectivity index (χ0) is 53.8. The number of hydrogen-bond donors (Lipinski definition) is 1. The molecule has 0 spiro atoms. The number of aliphatic hydroxyl groups is 1. The number of ether oxygens (including phenoxy) is 5. The smallest absolute Gasteiger partial charge is 0.348 e. The van der Waals surface area contributed by atoms with Gasteiger partial charge in [-0.2, -0.15) is 10.5 Å². The second-order valence-corrected chi connectivity index (χ2v) is 15.8. The molecule has 0 atom stereocenters. The van der Waals surface area contributed by atoms with Gasteiger partial charge in [-0.15, -0.1) is 0 Å². The van der Waals surface area contributed by atoms with Crippen molar-refractivity contribution in [3.8, 4) is 12.1 Å². The van der Waals surface area contributed by atoms with Crippen molar-refractivity contribution < 1.29 is 52.8 Å². The highest BCUT2D eigenvalue weighted by Crippen LogP contribution is 2.27. The van der Waals surface area contributed by atoms with E-state index in [1.165, 1.54) is 18.2 Å². The molecule has 0 unspecified atom stereocenters. The Morgan fingerprint density at radius 3 is 1.20 bits per heavy atom. The number of aliphatic hydroxyl groups excluding tert-OH is 1. The standard InChI is InChI=1S/C57H58N6O11/c1-7-53(65)73-28-25-62(50-20-14-42(15-21-50)34-48(37-59)56(68)71-10-4)39-45-30-44(38-61(24-27-64)49-18-12-41(13-19-49)33-47(36-58)55(67)70-9-3)31-46(32-45)40-63(26-29-74-54(66)8-2)51-22-16-43(17-23-51)35-52(60-6)57(69)72-11-5/h7-8,12-23,30-35,64H,1-2,9-11,24-29,38-40H2,3-5H3/b47-33-,48-34-,52-35+. The molecule has 0 amide bonds. The molecular formula is C57H58N6O11. The molecule has 17 heteroatoms. The number of carbonyl (C=O) groups excluding carboxylic acids is 5. The molecule has 0 aliphatic carbocycles. The lowest BCUT2D eigenvalue weighted by Gasteiger charge is -2.29. The summed E-state index contributed by atoms with van der Waals surface area (Å²) >= 11 is 0. The van der Waals surface area contributed by atoms with E-state index in [4.69, 9.17) is 30.3 Å². The Morgan fingerprint density at radius 1 is 0.554 bits per heavy atom. The first-order chi connectivity index (χ1) is 35.8. The maximum atomic E-state index is 12.4. The lowest BCUT2D eigenvalue weighted by Crippen LogP contribution is -2.29. The van der Waals surface area contributed by atoms with Gasteiger partial charge >= 0.3 is 29.8 Å². The summed E-state index contributed by atoms with van der Waals surface area (Å²) in [7, 11) is 0. The maximum Gasteiger partial charge on any atom is 0.348 e. The van der Waals surface area contributed by atoms with Crippen molar-refractivity contribution >= 4 is 65.1 Å². The number of rotatable bonds is 28. The summed E-state index contributed by atoms with van der Waals surface area (Å²) in [6.07, 6.45) is 6.48. The first-order valence-corrected chi connectivity index (χ1v) is 23.5. The monoisotopic (exact) mass is 1000 g/mol. The van der Waals surface area contributed by atoms with Crippen molar-refractivity contribution in [1.29, 1.82) is 10.5 Å². The number of nitrogens with zero attached hydrogens (tertiary/aromatic N) is 6. The highest BCUT2D eigenvalue weighted by Gasteiger charge is 2.18. The first kappa shape index (κ1) is 57.3. The zero-order valence-corrected chi connectivity index (χ0v) is 41.7. The van der Waals surface area contributed by atoms with Gasteiger partial charge in [-0.25, -0.2) is 24.0 Å². The van der Waals surface area contributed by atoms with Gasteiger partial charge in [0, 0.05) is 55.4 Å². The minimum atomic E-state index is -0.737. The summed E-state index contributed by atoms with van der Waals surface area (Å²) in [4.78, 5) is 70.7. The van der Waals surface area contributed by atoms with E-state index in [-0.39, 0.29) is 76.1 Å². The maximum absolute atomic E-state index is 12.4. The predicted octanol–water partition coefficient (Wildman–Crippen LogP) is 7.92. The molecule has 4 aromatic rings. The van der Waals surface area contributed by atoms with Crippen LogP contribution in [0.1, 0.15) is 54.2 Å². The first-order valence-electron chi connectivity index (χ1n) is 23.5. The van der Waals surface area contributed by atoms with Crippen molar-refractivity contribution in [3.63, 3.8) is 0 Å². The van der Waals surface area contributed by atoms with E-state index in [0.717, 1.165) is 45.9 Å². The second-order valence-electron chi connectivity index (χ2n) is 15.8. The third-order valence-electron chi connectivity index (χ3n) is 10.7. The molecule has 0 aromatic heterocycles. The molecule has 0 aliphatic rings. The molecule has 0 heterocycles. The summed E-state index contributed by atoms with van der Waals surface area (Å²) in [6.45, 7) is 21.3. The van der Waals surface area contributed by atoms with Gasteiger partial charge in [0.1, 0.15) is 36.5 Å². The van der Waals surface area contributed by atoms with Gasteiger partial charge in [0.05, 0.1) is 46.1 Å². The van der Waals surface area contributed by atoms with Crippen LogP contribution < -0.4 is 14.7 Å². The largest absolute Gasteiger partial charge is 0.471 e. The lowest BCUT2D eigenvalue weighted by atomic mass is 10.0. The molecule has 74 heavy (non-hydrogen) atoms. The third-order valence-corrected chi connectivity index (χ3v) is 10.7. The van der Waals surface area contributed by atoms with Crippen LogP contribution in [0.4, 0.5) is 17.1 Å². The van der Waals surface area contributed by atoms with Crippen molar-refractivity contribution in [1.82, 2.24) is 0 Å². The van der Waals surface area contributed by atoms with E-state index in [1.54, 1.807) is 57.2 Å². The Bertz CT molecular complexity index is 2690. The van der Waals surface area contributed by atoms with E-state index in [9.17, 15) is 39.6 Å². The van der Waals surface area contributed by atoms with Crippen LogP contribution in [0.15, 0.2) is 133 Å². The Kier molecular flexibility index (Phi) is 23.6. The van der Waals surface area contributed by atoms with E-state index >= 15 is 0 Å². The van der Waals surface area contributed by atoms with E-state index in [2.05, 4.69) is 18.0 Å². The molecule has 4 rings (SSSR count). The number of carbonyl (C=O) groups is 5. The fraction of sp³-hybridized carbons (Fsp3) is 0.263. The molecule has 4 aromatic carbocycles. The van der Waals surface area contributed by atoms with Gasteiger partial charge in [-0.05, 0) is 109 Å². The highest BCUT2D eigenvalue weighted by molar-refractivity contribution is 5.98. The number of benzene rings is 4. The fourth-order valence-corrected chi connectivity index (χ4v) is 7.29. The number of nitriles is 2. The molecule has 17 nitrogen and oxygen atoms in total. The average Bonchev–Trinajstić information content (AvgIpc) is 3.40. The summed E-state index contributed by atoms with van der Waals surface area (Å²) < 4.78 is 25.9. The third kappa shape index (κ3) is 18.2. The summed E-state index contributed by atoms with van der Waals surface area (Å²) in [5.74, 6) is -3.38. The van der Waals surface area contributed by atoms with Crippen LogP contribution in [0.2, 0.25) is 0 Å². The zero-order valence-electron chi connectivity index (χ0n) is 41.7. The van der Waals surface area contributed by atoms with Gasteiger partial charge in [-0.3, -0.25) is 4.79 Å². The molecule has 0 bridgehead atoms. The van der Waals surface area contributed by atoms with Crippen LogP contribution in [0.5, 0.6) is 0 Å². The molecule has 0 aliphatic heterocycles. The number of anilines is 3. The summed E-state index contributed by atoms with van der Waals surface area (Å²) in [5.41, 5.74) is 5.97. The Labute approximate surface area is 431 Å². The Balaban J connectivity index is 1.84. The van der Waals surface area contributed by atoms with Gasteiger partial charge in [0.2, 0.25) is 0 Å². The van der Waals surface area contributed by atoms with Gasteiger partial charge in [0.15, 0.2) is 0 Å². The molecule has 0 saturated carbocycles. The SMILES string of the molecule is [C-]#[N+]/C(=C/c1ccc(N(CCOC(=O)C=C)Cc2cc(CN(CCO)c3ccc(/C=C(/C#N)C(=O)OCC)cc3)cc(CN(CCOC(=O)C=C)c3ccc(/C=C(/C#N)C(=O)OCC)cc3)c2)cc1)C(=O)OCC. The van der Waals surface area contributed by atoms with Crippen LogP contribution in [0.3, 0.4) is 0 Å². The summed E-state index contributed by atoms with van der Waals surface area (Å²) in [6, 6.07) is 31.3. The van der Waals surface area contributed by atoms with Crippen molar-refractivity contribution in [2.75, 3.05) is 74.0 Å². The highest BCUT2D eigenvalue weighted by atomic mass is 16.5. The van der Waals surface area contributed by atoms with Crippen molar-refractivity contribution in [2.24, 2.45) is 0 Å². The Morgan fingerprint density at radius 2 is 0.892 bits per heavy atom. The molecule has 0 saturated heterocycles. The van der Waals surface area contributed by atoms with Crippen molar-refractivity contribution in [2.45, 2.75) is 40.4 Å². The van der Waals surface area contributed by atoms with E-state index in [1.807, 2.05) is 81.4 Å². The number of hydrogen-bond acceptors (Lipinski definition) is 16. The Hall–Kier alpha value is -9.24. The molecule has 0 radical (unpaired) electrons. The van der Waals surface area contributed by atoms with Crippen LogP contribution in [0.25, 0.3) is 23.1 Å². The lowest BCUT2D eigenvalue weighted by molar-refractivity contribution is -0.138. The normalized spacial score (nSPS) is 11.1. The number of esters is 5. The van der Waals surface area contributed by atoms with Gasteiger partial charge in [-0.1, -0.05) is 67.8 Å². The van der Waals surface area contributed by atoms with Crippen LogP contribution in [-0.2, 0) is 67.3 Å². The van der Waals surface area contributed by atoms with Crippen LogP contribution in [-0.4, -0.2) is 94.2 Å². The van der Waals surface area contributed by atoms with Gasteiger partial charge in [0.25, 0.3) is 5.70 Å². The minimum absolute atomic E-state index is 0.00512. The fourth-order valence-electron chi connectivity index (χ4n) is 7.29. The van der Waals surface area contributed by atoms with Gasteiger partial charge < -0.3 is 43.5 Å². The average molecular weight is 1000 g/mol. The van der Waals surface area contributed by atoms with E-state index < -0.39 is 29.8 Å².